The van der Waals surface area contributed by atoms with Crippen LogP contribution in [-0.2, 0) is 0 Å². The number of pyridine rings is 1. The van der Waals surface area contributed by atoms with E-state index >= 15 is 0 Å². The van der Waals surface area contributed by atoms with Gasteiger partial charge < -0.3 is 16.0 Å². The minimum atomic E-state index is 0.499. The van der Waals surface area contributed by atoms with Crippen LogP contribution >= 0.6 is 15.9 Å². The molecule has 0 amide bonds. The van der Waals surface area contributed by atoms with Crippen molar-refractivity contribution in [1.29, 1.82) is 0 Å². The van der Waals surface area contributed by atoms with Crippen LogP contribution in [0.15, 0.2) is 28.9 Å². The Balaban J connectivity index is 1.72. The molecule has 3 aliphatic rings. The lowest BCUT2D eigenvalue weighted by Gasteiger charge is -2.45. The Morgan fingerprint density at radius 1 is 1.29 bits per heavy atom. The average Bonchev–Trinajstić information content (AvgIpc) is 2.51. The van der Waals surface area contributed by atoms with Crippen LogP contribution in [0.4, 0.5) is 11.4 Å². The molecule has 21 heavy (non-hydrogen) atoms. The lowest BCUT2D eigenvalue weighted by Crippen LogP contribution is -2.53. The van der Waals surface area contributed by atoms with Gasteiger partial charge in [-0.1, -0.05) is 15.9 Å². The van der Waals surface area contributed by atoms with Gasteiger partial charge in [0.2, 0.25) is 0 Å². The van der Waals surface area contributed by atoms with Crippen molar-refractivity contribution in [3.8, 4) is 0 Å². The van der Waals surface area contributed by atoms with Crippen molar-refractivity contribution in [2.45, 2.75) is 18.9 Å². The molecule has 3 N–H and O–H groups in total. The van der Waals surface area contributed by atoms with E-state index in [0.29, 0.717) is 6.04 Å². The SMILES string of the molecule is Nc1cnc2ccc(Br)cc2c1NC1CN2CCC1CC2. The Morgan fingerprint density at radius 3 is 2.81 bits per heavy atom. The molecule has 1 aromatic carbocycles. The first-order chi connectivity index (χ1) is 10.2. The third-order valence-corrected chi connectivity index (χ3v) is 5.34. The molecule has 1 unspecified atom stereocenters. The predicted molar refractivity (Wildman–Crippen MR) is 90.4 cm³/mol. The Hall–Kier alpha value is -1.33. The van der Waals surface area contributed by atoms with Crippen LogP contribution in [0.25, 0.3) is 10.9 Å². The molecule has 4 nitrogen and oxygen atoms in total. The maximum absolute atomic E-state index is 6.20. The van der Waals surface area contributed by atoms with Gasteiger partial charge in [0.05, 0.1) is 23.1 Å². The van der Waals surface area contributed by atoms with Gasteiger partial charge in [0.15, 0.2) is 0 Å². The molecular weight excluding hydrogens is 328 g/mol. The van der Waals surface area contributed by atoms with E-state index < -0.39 is 0 Å². The van der Waals surface area contributed by atoms with E-state index in [1.165, 1.54) is 25.9 Å². The Labute approximate surface area is 132 Å². The van der Waals surface area contributed by atoms with E-state index in [0.717, 1.165) is 39.2 Å². The molecule has 0 saturated carbocycles. The number of hydrogen-bond donors (Lipinski definition) is 2. The summed E-state index contributed by atoms with van der Waals surface area (Å²) in [7, 11) is 0. The molecule has 2 aromatic rings. The monoisotopic (exact) mass is 346 g/mol. The van der Waals surface area contributed by atoms with Crippen molar-refractivity contribution < 1.29 is 0 Å². The number of halogens is 1. The molecule has 5 rings (SSSR count). The second-order valence-corrected chi connectivity index (χ2v) is 7.05. The molecule has 3 saturated heterocycles. The minimum absolute atomic E-state index is 0.499. The van der Waals surface area contributed by atoms with Gasteiger partial charge in [-0.3, -0.25) is 4.98 Å². The van der Waals surface area contributed by atoms with Crippen molar-refractivity contribution in [3.05, 3.63) is 28.9 Å². The standard InChI is InChI=1S/C16H19BrN4/c17-11-1-2-14-12(7-11)16(13(18)8-19-14)20-15-9-21-5-3-10(15)4-6-21/h1-2,7-8,10,15H,3-6,9,18H2,(H,19,20). The molecule has 5 heteroatoms. The van der Waals surface area contributed by atoms with E-state index in [9.17, 15) is 0 Å². The van der Waals surface area contributed by atoms with E-state index in [2.05, 4.69) is 37.2 Å². The molecule has 4 heterocycles. The van der Waals surface area contributed by atoms with Crippen LogP contribution in [0.5, 0.6) is 0 Å². The maximum atomic E-state index is 6.20. The largest absolute Gasteiger partial charge is 0.396 e. The third kappa shape index (κ3) is 2.38. The van der Waals surface area contributed by atoms with Crippen LogP contribution < -0.4 is 11.1 Å². The molecule has 1 atom stereocenters. The number of fused-ring (bicyclic) bond motifs is 4. The van der Waals surface area contributed by atoms with Gasteiger partial charge in [0.1, 0.15) is 0 Å². The maximum Gasteiger partial charge on any atom is 0.0743 e. The minimum Gasteiger partial charge on any atom is -0.396 e. The first-order valence-corrected chi connectivity index (χ1v) is 8.32. The number of aromatic nitrogens is 1. The van der Waals surface area contributed by atoms with Crippen LogP contribution in [0.2, 0.25) is 0 Å². The van der Waals surface area contributed by atoms with E-state index in [-0.39, 0.29) is 0 Å². The fraction of sp³-hybridized carbons (Fsp3) is 0.438. The van der Waals surface area contributed by atoms with Gasteiger partial charge in [0.25, 0.3) is 0 Å². The summed E-state index contributed by atoms with van der Waals surface area (Å²) < 4.78 is 1.05. The van der Waals surface area contributed by atoms with Crippen molar-refractivity contribution in [2.75, 3.05) is 30.7 Å². The van der Waals surface area contributed by atoms with Crippen molar-refractivity contribution in [2.24, 2.45) is 5.92 Å². The summed E-state index contributed by atoms with van der Waals surface area (Å²) in [6.45, 7) is 3.63. The molecule has 110 valence electrons. The highest BCUT2D eigenvalue weighted by molar-refractivity contribution is 9.10. The number of piperidine rings is 3. The third-order valence-electron chi connectivity index (χ3n) is 4.85. The molecule has 3 fully saturated rings. The fourth-order valence-corrected chi connectivity index (χ4v) is 4.02. The topological polar surface area (TPSA) is 54.2 Å². The summed E-state index contributed by atoms with van der Waals surface area (Å²) >= 11 is 3.54. The highest BCUT2D eigenvalue weighted by atomic mass is 79.9. The summed E-state index contributed by atoms with van der Waals surface area (Å²) in [4.78, 5) is 6.98. The smallest absolute Gasteiger partial charge is 0.0743 e. The summed E-state index contributed by atoms with van der Waals surface area (Å²) in [5.41, 5.74) is 8.96. The van der Waals surface area contributed by atoms with Gasteiger partial charge in [-0.05, 0) is 50.0 Å². The number of nitrogen functional groups attached to an aromatic ring is 1. The number of nitrogens with zero attached hydrogens (tertiary/aromatic N) is 2. The number of rotatable bonds is 2. The van der Waals surface area contributed by atoms with Crippen molar-refractivity contribution in [1.82, 2.24) is 9.88 Å². The number of anilines is 2. The zero-order valence-electron chi connectivity index (χ0n) is 11.8. The van der Waals surface area contributed by atoms with Gasteiger partial charge in [-0.2, -0.15) is 0 Å². The van der Waals surface area contributed by atoms with Gasteiger partial charge in [-0.15, -0.1) is 0 Å². The molecule has 3 aliphatic heterocycles. The zero-order chi connectivity index (χ0) is 14.4. The van der Waals surface area contributed by atoms with Gasteiger partial charge >= 0.3 is 0 Å². The highest BCUT2D eigenvalue weighted by Gasteiger charge is 2.34. The number of hydrogen-bond acceptors (Lipinski definition) is 4. The summed E-state index contributed by atoms with van der Waals surface area (Å²) in [5.74, 6) is 0.768. The van der Waals surface area contributed by atoms with Gasteiger partial charge in [-0.25, -0.2) is 0 Å². The first kappa shape index (κ1) is 13.3. The molecule has 0 aliphatic carbocycles. The van der Waals surface area contributed by atoms with E-state index in [1.54, 1.807) is 6.20 Å². The lowest BCUT2D eigenvalue weighted by atomic mass is 9.84. The second-order valence-electron chi connectivity index (χ2n) is 6.14. The lowest BCUT2D eigenvalue weighted by molar-refractivity contribution is 0.0976. The molecular formula is C16H19BrN4. The molecule has 1 aromatic heterocycles. The number of nitrogens with one attached hydrogen (secondary N) is 1. The normalized spacial score (nSPS) is 28.0. The van der Waals surface area contributed by atoms with Crippen LogP contribution in [0.1, 0.15) is 12.8 Å². The molecule has 2 bridgehead atoms. The Morgan fingerprint density at radius 2 is 2.10 bits per heavy atom. The fourth-order valence-electron chi connectivity index (χ4n) is 3.66. The van der Waals surface area contributed by atoms with Crippen LogP contribution in [0.3, 0.4) is 0 Å². The van der Waals surface area contributed by atoms with Crippen LogP contribution in [-0.4, -0.2) is 35.6 Å². The average molecular weight is 347 g/mol. The van der Waals surface area contributed by atoms with Crippen molar-refractivity contribution >= 4 is 38.2 Å². The number of nitrogens with two attached hydrogens (primary N) is 1. The van der Waals surface area contributed by atoms with Crippen LogP contribution in [0, 0.1) is 5.92 Å². The molecule has 0 spiro atoms. The first-order valence-electron chi connectivity index (χ1n) is 7.53. The molecule has 0 radical (unpaired) electrons. The zero-order valence-corrected chi connectivity index (χ0v) is 13.4. The summed E-state index contributed by atoms with van der Waals surface area (Å²) in [5, 5.41) is 4.82. The number of benzene rings is 1. The van der Waals surface area contributed by atoms with E-state index in [1.807, 2.05) is 12.1 Å². The summed E-state index contributed by atoms with van der Waals surface area (Å²) in [6.07, 6.45) is 4.36. The second kappa shape index (κ2) is 5.14. The highest BCUT2D eigenvalue weighted by Crippen LogP contribution is 2.35. The summed E-state index contributed by atoms with van der Waals surface area (Å²) in [6, 6.07) is 6.64. The predicted octanol–water partition coefficient (Wildman–Crippen LogP) is 3.09. The van der Waals surface area contributed by atoms with Gasteiger partial charge in [0, 0.05) is 22.4 Å². The quantitative estimate of drug-likeness (QED) is 0.877. The Bertz CT molecular complexity index is 674. The van der Waals surface area contributed by atoms with E-state index in [4.69, 9.17) is 5.73 Å². The van der Waals surface area contributed by atoms with Crippen molar-refractivity contribution in [3.63, 3.8) is 0 Å². The Kier molecular flexibility index (Phi) is 3.27.